The molecule has 0 bridgehead atoms. The van der Waals surface area contributed by atoms with E-state index in [2.05, 4.69) is 105 Å². The molecule has 122 valence electrons. The summed E-state index contributed by atoms with van der Waals surface area (Å²) in [6.07, 6.45) is 2.36. The molecule has 25 heavy (non-hydrogen) atoms. The van der Waals surface area contributed by atoms with Crippen molar-refractivity contribution in [3.05, 3.63) is 124 Å². The molecule has 0 amide bonds. The second-order valence-electron chi connectivity index (χ2n) is 6.85. The average molecular weight is 322 g/mol. The van der Waals surface area contributed by atoms with Crippen LogP contribution in [0.5, 0.6) is 0 Å². The molecule has 0 saturated carbocycles. The Labute approximate surface area is 150 Å². The van der Waals surface area contributed by atoms with Crippen LogP contribution < -0.4 is 0 Å². The number of fused-ring (bicyclic) bond motifs is 1. The molecule has 1 aliphatic rings. The highest BCUT2D eigenvalue weighted by Gasteiger charge is 2.31. The topological polar surface area (TPSA) is 0 Å². The molecule has 1 aliphatic carbocycles. The molecule has 0 radical (unpaired) electrons. The van der Waals surface area contributed by atoms with Gasteiger partial charge in [0, 0.05) is 5.92 Å². The Bertz CT molecular complexity index is 940. The molecular weight excluding hydrogens is 300 g/mol. The van der Waals surface area contributed by atoms with E-state index in [1.54, 1.807) is 0 Å². The maximum atomic E-state index is 2.36. The number of benzene rings is 3. The van der Waals surface area contributed by atoms with Crippen LogP contribution in [0.2, 0.25) is 0 Å². The van der Waals surface area contributed by atoms with Crippen LogP contribution in [0.25, 0.3) is 5.57 Å². The Balaban J connectivity index is 2.03. The van der Waals surface area contributed by atoms with Gasteiger partial charge in [0.2, 0.25) is 0 Å². The minimum absolute atomic E-state index is 0.294. The van der Waals surface area contributed by atoms with E-state index in [9.17, 15) is 0 Å². The second kappa shape index (κ2) is 6.57. The summed E-state index contributed by atoms with van der Waals surface area (Å²) in [6, 6.07) is 30.5. The molecule has 1 unspecified atom stereocenters. The predicted molar refractivity (Wildman–Crippen MR) is 107 cm³/mol. The maximum absolute atomic E-state index is 2.36. The largest absolute Gasteiger partial charge is 0.0761 e. The van der Waals surface area contributed by atoms with Crippen molar-refractivity contribution in [2.24, 2.45) is 0 Å². The average Bonchev–Trinajstić information content (AvgIpc) is 2.96. The van der Waals surface area contributed by atoms with Gasteiger partial charge in [-0.3, -0.25) is 0 Å². The molecule has 0 nitrogen and oxygen atoms in total. The third kappa shape index (κ3) is 2.85. The lowest BCUT2D eigenvalue weighted by Crippen LogP contribution is -2.00. The van der Waals surface area contributed by atoms with Crippen molar-refractivity contribution >= 4 is 5.57 Å². The van der Waals surface area contributed by atoms with Crippen molar-refractivity contribution in [3.63, 3.8) is 0 Å². The van der Waals surface area contributed by atoms with Gasteiger partial charge in [0.25, 0.3) is 0 Å². The fraction of sp³-hybridized carbons (Fsp3) is 0.120. The fourth-order valence-electron chi connectivity index (χ4n) is 3.84. The van der Waals surface area contributed by atoms with Crippen LogP contribution in [0.1, 0.15) is 42.0 Å². The highest BCUT2D eigenvalue weighted by atomic mass is 14.3. The van der Waals surface area contributed by atoms with Crippen molar-refractivity contribution < 1.29 is 0 Å². The van der Waals surface area contributed by atoms with E-state index in [4.69, 9.17) is 0 Å². The Morgan fingerprint density at radius 3 is 2.00 bits per heavy atom. The summed E-state index contributed by atoms with van der Waals surface area (Å²) in [4.78, 5) is 0. The molecule has 0 N–H and O–H groups in total. The van der Waals surface area contributed by atoms with E-state index in [0.717, 1.165) is 0 Å². The number of hydrogen-bond acceptors (Lipinski definition) is 0. The van der Waals surface area contributed by atoms with Crippen LogP contribution in [-0.4, -0.2) is 0 Å². The van der Waals surface area contributed by atoms with Gasteiger partial charge in [-0.25, -0.2) is 0 Å². The summed E-state index contributed by atoms with van der Waals surface area (Å²) in [7, 11) is 0. The van der Waals surface area contributed by atoms with Gasteiger partial charge in [-0.15, -0.1) is 0 Å². The van der Waals surface area contributed by atoms with Crippen LogP contribution in [-0.2, 0) is 0 Å². The summed E-state index contributed by atoms with van der Waals surface area (Å²) in [5.74, 6) is 0.294. The minimum atomic E-state index is 0.294. The lowest BCUT2D eigenvalue weighted by atomic mass is 9.87. The van der Waals surface area contributed by atoms with Crippen molar-refractivity contribution in [3.8, 4) is 0 Å². The standard InChI is InChI=1S/C25H22/c1-18(2)17-23-24(19-11-5-3-6-12-19)21-15-9-10-16-22(21)25(23)20-13-7-4-8-14-20/h3-17,24H,1-2H3. The van der Waals surface area contributed by atoms with Crippen LogP contribution in [0.15, 0.2) is 102 Å². The van der Waals surface area contributed by atoms with Crippen molar-refractivity contribution in [2.45, 2.75) is 19.8 Å². The van der Waals surface area contributed by atoms with E-state index in [-0.39, 0.29) is 0 Å². The zero-order valence-electron chi connectivity index (χ0n) is 14.7. The first-order chi connectivity index (χ1) is 12.3. The summed E-state index contributed by atoms with van der Waals surface area (Å²) in [5, 5.41) is 0. The molecule has 0 fully saturated rings. The van der Waals surface area contributed by atoms with Crippen molar-refractivity contribution in [2.75, 3.05) is 0 Å². The van der Waals surface area contributed by atoms with Crippen molar-refractivity contribution in [1.29, 1.82) is 0 Å². The van der Waals surface area contributed by atoms with E-state index in [1.165, 1.54) is 39.0 Å². The van der Waals surface area contributed by atoms with Crippen LogP contribution in [0.3, 0.4) is 0 Å². The van der Waals surface area contributed by atoms with Gasteiger partial charge >= 0.3 is 0 Å². The molecule has 0 aromatic heterocycles. The molecular formula is C25H22. The summed E-state index contributed by atoms with van der Waals surface area (Å²) in [6.45, 7) is 4.36. The first-order valence-corrected chi connectivity index (χ1v) is 8.84. The lowest BCUT2D eigenvalue weighted by molar-refractivity contribution is 1.00. The Morgan fingerprint density at radius 2 is 1.32 bits per heavy atom. The van der Waals surface area contributed by atoms with E-state index in [1.807, 2.05) is 0 Å². The summed E-state index contributed by atoms with van der Waals surface area (Å²) in [5.41, 5.74) is 9.51. The molecule has 3 aromatic carbocycles. The number of allylic oxidation sites excluding steroid dienone is 3. The van der Waals surface area contributed by atoms with Gasteiger partial charge in [-0.05, 0) is 47.2 Å². The molecule has 4 rings (SSSR count). The van der Waals surface area contributed by atoms with E-state index >= 15 is 0 Å². The zero-order valence-corrected chi connectivity index (χ0v) is 14.7. The number of hydrogen-bond donors (Lipinski definition) is 0. The Kier molecular flexibility index (Phi) is 4.11. The minimum Gasteiger partial charge on any atom is -0.0761 e. The van der Waals surface area contributed by atoms with Crippen molar-refractivity contribution in [1.82, 2.24) is 0 Å². The molecule has 0 saturated heterocycles. The van der Waals surface area contributed by atoms with Gasteiger partial charge in [-0.2, -0.15) is 0 Å². The molecule has 0 heterocycles. The SMILES string of the molecule is CC(C)=CC1=C(c2ccccc2)c2ccccc2C1c1ccccc1. The first kappa shape index (κ1) is 15.7. The van der Waals surface area contributed by atoms with Gasteiger partial charge in [-0.1, -0.05) is 96.6 Å². The quantitative estimate of drug-likeness (QED) is 0.509. The predicted octanol–water partition coefficient (Wildman–Crippen LogP) is 6.60. The van der Waals surface area contributed by atoms with Gasteiger partial charge in [0.15, 0.2) is 0 Å². The van der Waals surface area contributed by atoms with Gasteiger partial charge in [0.05, 0.1) is 0 Å². The summed E-state index contributed by atoms with van der Waals surface area (Å²) >= 11 is 0. The Hall–Kier alpha value is -2.86. The van der Waals surface area contributed by atoms with Crippen LogP contribution >= 0.6 is 0 Å². The summed E-state index contributed by atoms with van der Waals surface area (Å²) < 4.78 is 0. The fourth-order valence-corrected chi connectivity index (χ4v) is 3.84. The first-order valence-electron chi connectivity index (χ1n) is 8.84. The maximum Gasteiger partial charge on any atom is 0.0352 e. The third-order valence-corrected chi connectivity index (χ3v) is 4.78. The number of rotatable bonds is 3. The lowest BCUT2D eigenvalue weighted by Gasteiger charge is -2.16. The highest BCUT2D eigenvalue weighted by molar-refractivity contribution is 5.91. The van der Waals surface area contributed by atoms with E-state index < -0.39 is 0 Å². The molecule has 0 aliphatic heterocycles. The second-order valence-corrected chi connectivity index (χ2v) is 6.85. The van der Waals surface area contributed by atoms with Gasteiger partial charge < -0.3 is 0 Å². The normalized spacial score (nSPS) is 15.8. The van der Waals surface area contributed by atoms with Gasteiger partial charge in [0.1, 0.15) is 0 Å². The van der Waals surface area contributed by atoms with Crippen LogP contribution in [0.4, 0.5) is 0 Å². The molecule has 0 spiro atoms. The van der Waals surface area contributed by atoms with Crippen LogP contribution in [0, 0.1) is 0 Å². The third-order valence-electron chi connectivity index (χ3n) is 4.78. The zero-order chi connectivity index (χ0) is 17.2. The smallest absolute Gasteiger partial charge is 0.0352 e. The Morgan fingerprint density at radius 1 is 0.720 bits per heavy atom. The molecule has 0 heteroatoms. The molecule has 3 aromatic rings. The monoisotopic (exact) mass is 322 g/mol. The highest BCUT2D eigenvalue weighted by Crippen LogP contribution is 2.48. The van der Waals surface area contributed by atoms with E-state index in [0.29, 0.717) is 5.92 Å². The molecule has 1 atom stereocenters.